The molecule has 1 N–H and O–H groups in total. The predicted octanol–water partition coefficient (Wildman–Crippen LogP) is 7.87. The fourth-order valence-electron chi connectivity index (χ4n) is 4.34. The average molecular weight is 515 g/mol. The maximum absolute atomic E-state index is 6.17. The van der Waals surface area contributed by atoms with Crippen molar-refractivity contribution in [2.75, 3.05) is 18.5 Å². The van der Waals surface area contributed by atoms with E-state index in [1.54, 1.807) is 0 Å². The summed E-state index contributed by atoms with van der Waals surface area (Å²) in [5.74, 6) is 2.67. The molecular formula is C27H36BrN3O2. The zero-order valence-electron chi connectivity index (χ0n) is 19.9. The fourth-order valence-corrected chi connectivity index (χ4v) is 4.68. The standard InChI is InChI=1S/C27H36BrN3O2/c1-3-5-16-32-23-14-12-20(18-24(23)33-17-6-4-2)26-27(29-22-10-8-7-9-11-22)31-19-21(28)13-15-25(31)30-26/h12-15,18-19,22,29H,3-11,16-17H2,1-2H3. The van der Waals surface area contributed by atoms with Gasteiger partial charge < -0.3 is 14.8 Å². The lowest BCUT2D eigenvalue weighted by Gasteiger charge is -2.24. The van der Waals surface area contributed by atoms with Crippen molar-refractivity contribution in [1.82, 2.24) is 9.38 Å². The van der Waals surface area contributed by atoms with Crippen LogP contribution < -0.4 is 14.8 Å². The first-order valence-electron chi connectivity index (χ1n) is 12.5. The van der Waals surface area contributed by atoms with Crippen LogP contribution in [-0.4, -0.2) is 28.6 Å². The van der Waals surface area contributed by atoms with Gasteiger partial charge in [0.2, 0.25) is 0 Å². The molecule has 1 aliphatic rings. The van der Waals surface area contributed by atoms with Crippen LogP contribution in [0, 0.1) is 0 Å². The fraction of sp³-hybridized carbons (Fsp3) is 0.519. The topological polar surface area (TPSA) is 47.8 Å². The van der Waals surface area contributed by atoms with Crippen LogP contribution in [0.15, 0.2) is 41.0 Å². The average Bonchev–Trinajstić information content (AvgIpc) is 3.18. The quantitative estimate of drug-likeness (QED) is 0.265. The zero-order valence-corrected chi connectivity index (χ0v) is 21.5. The summed E-state index contributed by atoms with van der Waals surface area (Å²) in [6.45, 7) is 5.75. The van der Waals surface area contributed by atoms with Gasteiger partial charge in [-0.05, 0) is 71.9 Å². The highest BCUT2D eigenvalue weighted by molar-refractivity contribution is 9.10. The van der Waals surface area contributed by atoms with Gasteiger partial charge in [0.1, 0.15) is 17.2 Å². The lowest BCUT2D eigenvalue weighted by atomic mass is 9.95. The second kappa shape index (κ2) is 11.8. The molecule has 0 aliphatic heterocycles. The lowest BCUT2D eigenvalue weighted by molar-refractivity contribution is 0.262. The molecule has 0 saturated heterocycles. The van der Waals surface area contributed by atoms with E-state index in [2.05, 4.69) is 63.9 Å². The van der Waals surface area contributed by atoms with E-state index >= 15 is 0 Å². The molecule has 33 heavy (non-hydrogen) atoms. The summed E-state index contributed by atoms with van der Waals surface area (Å²) in [6, 6.07) is 10.8. The number of halogens is 1. The number of fused-ring (bicyclic) bond motifs is 1. The third kappa shape index (κ3) is 6.03. The molecule has 0 unspecified atom stereocenters. The number of hydrogen-bond donors (Lipinski definition) is 1. The number of unbranched alkanes of at least 4 members (excludes halogenated alkanes) is 2. The number of rotatable bonds is 11. The molecule has 4 rings (SSSR count). The first-order valence-corrected chi connectivity index (χ1v) is 13.3. The Morgan fingerprint density at radius 2 is 1.70 bits per heavy atom. The third-order valence-corrected chi connectivity index (χ3v) is 6.73. The number of nitrogens with one attached hydrogen (secondary N) is 1. The van der Waals surface area contributed by atoms with E-state index in [-0.39, 0.29) is 0 Å². The van der Waals surface area contributed by atoms with Gasteiger partial charge in [0.05, 0.1) is 13.2 Å². The van der Waals surface area contributed by atoms with Gasteiger partial charge in [0.15, 0.2) is 11.5 Å². The van der Waals surface area contributed by atoms with E-state index in [0.717, 1.165) is 64.4 Å². The first kappa shape index (κ1) is 23.9. The molecule has 5 nitrogen and oxygen atoms in total. The molecule has 0 amide bonds. The van der Waals surface area contributed by atoms with Gasteiger partial charge in [-0.15, -0.1) is 0 Å². The van der Waals surface area contributed by atoms with Gasteiger partial charge in [-0.25, -0.2) is 4.98 Å². The molecule has 1 aliphatic carbocycles. The Morgan fingerprint density at radius 3 is 2.42 bits per heavy atom. The summed E-state index contributed by atoms with van der Waals surface area (Å²) < 4.78 is 15.4. The molecule has 178 valence electrons. The molecule has 6 heteroatoms. The van der Waals surface area contributed by atoms with Crippen LogP contribution in [0.1, 0.15) is 71.6 Å². The Hall–Kier alpha value is -2.21. The number of benzene rings is 1. The van der Waals surface area contributed by atoms with Crippen molar-refractivity contribution in [3.05, 3.63) is 41.0 Å². The van der Waals surface area contributed by atoms with Gasteiger partial charge in [-0.1, -0.05) is 46.0 Å². The zero-order chi connectivity index (χ0) is 23.0. The molecule has 0 bridgehead atoms. The van der Waals surface area contributed by atoms with E-state index in [1.807, 2.05) is 12.1 Å². The van der Waals surface area contributed by atoms with Crippen LogP contribution in [0.4, 0.5) is 5.82 Å². The van der Waals surface area contributed by atoms with E-state index in [4.69, 9.17) is 14.5 Å². The van der Waals surface area contributed by atoms with Gasteiger partial charge in [0.25, 0.3) is 0 Å². The Morgan fingerprint density at radius 1 is 0.970 bits per heavy atom. The van der Waals surface area contributed by atoms with Crippen molar-refractivity contribution < 1.29 is 9.47 Å². The van der Waals surface area contributed by atoms with Gasteiger partial charge in [0, 0.05) is 22.3 Å². The van der Waals surface area contributed by atoms with Crippen molar-refractivity contribution in [3.8, 4) is 22.8 Å². The molecular weight excluding hydrogens is 478 g/mol. The number of imidazole rings is 1. The number of ether oxygens (including phenoxy) is 2. The molecule has 1 saturated carbocycles. The van der Waals surface area contributed by atoms with Crippen molar-refractivity contribution in [2.45, 2.75) is 77.7 Å². The smallest absolute Gasteiger partial charge is 0.161 e. The molecule has 2 aromatic heterocycles. The first-order chi connectivity index (χ1) is 16.2. The number of aromatic nitrogens is 2. The highest BCUT2D eigenvalue weighted by atomic mass is 79.9. The van der Waals surface area contributed by atoms with Crippen LogP contribution in [0.5, 0.6) is 11.5 Å². The summed E-state index contributed by atoms with van der Waals surface area (Å²) in [6.07, 6.45) is 12.7. The second-order valence-corrected chi connectivity index (χ2v) is 9.85. The summed E-state index contributed by atoms with van der Waals surface area (Å²) in [4.78, 5) is 5.02. The van der Waals surface area contributed by atoms with Crippen molar-refractivity contribution in [2.24, 2.45) is 0 Å². The second-order valence-electron chi connectivity index (χ2n) is 8.93. The predicted molar refractivity (Wildman–Crippen MR) is 140 cm³/mol. The molecule has 0 spiro atoms. The molecule has 0 radical (unpaired) electrons. The van der Waals surface area contributed by atoms with Crippen molar-refractivity contribution in [1.29, 1.82) is 0 Å². The Kier molecular flexibility index (Phi) is 8.54. The van der Waals surface area contributed by atoms with Crippen LogP contribution >= 0.6 is 15.9 Å². The Balaban J connectivity index is 1.71. The van der Waals surface area contributed by atoms with Crippen LogP contribution in [0.25, 0.3) is 16.9 Å². The van der Waals surface area contributed by atoms with E-state index in [9.17, 15) is 0 Å². The summed E-state index contributed by atoms with van der Waals surface area (Å²) >= 11 is 3.63. The van der Waals surface area contributed by atoms with Gasteiger partial charge >= 0.3 is 0 Å². The minimum absolute atomic E-state index is 0.480. The maximum Gasteiger partial charge on any atom is 0.161 e. The lowest BCUT2D eigenvalue weighted by Crippen LogP contribution is -2.23. The molecule has 0 atom stereocenters. The molecule has 1 fully saturated rings. The van der Waals surface area contributed by atoms with Gasteiger partial charge in [-0.3, -0.25) is 4.40 Å². The van der Waals surface area contributed by atoms with E-state index in [1.165, 1.54) is 32.1 Å². The summed E-state index contributed by atoms with van der Waals surface area (Å²) in [5, 5.41) is 3.83. The largest absolute Gasteiger partial charge is 0.490 e. The summed E-state index contributed by atoms with van der Waals surface area (Å²) in [7, 11) is 0. The molecule has 3 aromatic rings. The monoisotopic (exact) mass is 513 g/mol. The SMILES string of the molecule is CCCCOc1ccc(-c2nc3ccc(Br)cn3c2NC2CCCCC2)cc1OCCCC. The summed E-state index contributed by atoms with van der Waals surface area (Å²) in [5.41, 5.74) is 2.94. The number of pyridine rings is 1. The van der Waals surface area contributed by atoms with Crippen molar-refractivity contribution in [3.63, 3.8) is 0 Å². The minimum atomic E-state index is 0.480. The molecule has 2 heterocycles. The maximum atomic E-state index is 6.17. The number of nitrogens with zero attached hydrogens (tertiary/aromatic N) is 2. The third-order valence-electron chi connectivity index (χ3n) is 6.26. The number of hydrogen-bond acceptors (Lipinski definition) is 4. The van der Waals surface area contributed by atoms with E-state index < -0.39 is 0 Å². The minimum Gasteiger partial charge on any atom is -0.490 e. The van der Waals surface area contributed by atoms with E-state index in [0.29, 0.717) is 19.3 Å². The van der Waals surface area contributed by atoms with Crippen LogP contribution in [0.3, 0.4) is 0 Å². The van der Waals surface area contributed by atoms with Crippen LogP contribution in [0.2, 0.25) is 0 Å². The van der Waals surface area contributed by atoms with Gasteiger partial charge in [-0.2, -0.15) is 0 Å². The van der Waals surface area contributed by atoms with Crippen LogP contribution in [-0.2, 0) is 0 Å². The van der Waals surface area contributed by atoms with Crippen molar-refractivity contribution >= 4 is 27.4 Å². The Bertz CT molecular complexity index is 1040. The highest BCUT2D eigenvalue weighted by Crippen LogP contribution is 2.37. The number of anilines is 1. The normalized spacial score (nSPS) is 14.5. The molecule has 1 aromatic carbocycles. The highest BCUT2D eigenvalue weighted by Gasteiger charge is 2.21. The Labute approximate surface area is 206 Å².